The molecule has 0 saturated carbocycles. The molecule has 1 N–H and O–H groups in total. The number of nitrogens with one attached hydrogen (secondary N) is 1. The summed E-state index contributed by atoms with van der Waals surface area (Å²) in [6.45, 7) is 2.58. The molecule has 0 bridgehead atoms. The van der Waals surface area contributed by atoms with Gasteiger partial charge in [-0.05, 0) is 48.4 Å². The van der Waals surface area contributed by atoms with Gasteiger partial charge < -0.3 is 14.5 Å². The highest BCUT2D eigenvalue weighted by Crippen LogP contribution is 2.33. The van der Waals surface area contributed by atoms with Crippen LogP contribution in [0.3, 0.4) is 0 Å². The third kappa shape index (κ3) is 3.14. The lowest BCUT2D eigenvalue weighted by molar-refractivity contribution is 0.284. The second-order valence-electron chi connectivity index (χ2n) is 6.18. The van der Waals surface area contributed by atoms with Gasteiger partial charge in [-0.3, -0.25) is 0 Å². The molecule has 0 aliphatic heterocycles. The predicted octanol–water partition coefficient (Wildman–Crippen LogP) is 5.13. The van der Waals surface area contributed by atoms with Crippen LogP contribution in [0.4, 0.5) is 0 Å². The average Bonchev–Trinajstić information content (AvgIpc) is 3.11. The SMILES string of the molecule is COc1ccc(-c2nc3ccccc3[nH]2)cc1OCc1ccccc1C. The van der Waals surface area contributed by atoms with Gasteiger partial charge in [0.25, 0.3) is 0 Å². The number of hydrogen-bond acceptors (Lipinski definition) is 3. The van der Waals surface area contributed by atoms with Crippen molar-refractivity contribution in [2.45, 2.75) is 13.5 Å². The Labute approximate surface area is 152 Å². The first-order valence-electron chi connectivity index (χ1n) is 8.55. The summed E-state index contributed by atoms with van der Waals surface area (Å²) in [7, 11) is 1.65. The molecule has 0 radical (unpaired) electrons. The Morgan fingerprint density at radius 3 is 2.54 bits per heavy atom. The molecule has 0 aliphatic rings. The maximum absolute atomic E-state index is 6.06. The second kappa shape index (κ2) is 6.92. The molecule has 0 fully saturated rings. The van der Waals surface area contributed by atoms with Crippen LogP contribution < -0.4 is 9.47 Å². The highest BCUT2D eigenvalue weighted by Gasteiger charge is 2.11. The zero-order valence-corrected chi connectivity index (χ0v) is 14.8. The highest BCUT2D eigenvalue weighted by molar-refractivity contribution is 5.79. The number of ether oxygens (including phenoxy) is 2. The molecule has 0 unspecified atom stereocenters. The van der Waals surface area contributed by atoms with Crippen LogP contribution in [0.25, 0.3) is 22.4 Å². The molecule has 4 rings (SSSR count). The molecule has 4 nitrogen and oxygen atoms in total. The van der Waals surface area contributed by atoms with Crippen molar-refractivity contribution >= 4 is 11.0 Å². The summed E-state index contributed by atoms with van der Waals surface area (Å²) in [4.78, 5) is 8.01. The lowest BCUT2D eigenvalue weighted by atomic mass is 10.1. The fourth-order valence-electron chi connectivity index (χ4n) is 2.95. The normalized spacial score (nSPS) is 10.8. The van der Waals surface area contributed by atoms with E-state index in [0.717, 1.165) is 28.0 Å². The summed E-state index contributed by atoms with van der Waals surface area (Å²) in [6, 6.07) is 22.1. The van der Waals surface area contributed by atoms with Gasteiger partial charge in [0.1, 0.15) is 12.4 Å². The summed E-state index contributed by atoms with van der Waals surface area (Å²) < 4.78 is 11.5. The molecule has 1 aromatic heterocycles. The molecule has 26 heavy (non-hydrogen) atoms. The van der Waals surface area contributed by atoms with E-state index in [0.29, 0.717) is 18.1 Å². The van der Waals surface area contributed by atoms with E-state index >= 15 is 0 Å². The minimum absolute atomic E-state index is 0.493. The molecular weight excluding hydrogens is 324 g/mol. The van der Waals surface area contributed by atoms with Gasteiger partial charge in [0.2, 0.25) is 0 Å². The van der Waals surface area contributed by atoms with Crippen LogP contribution in [-0.4, -0.2) is 17.1 Å². The first kappa shape index (κ1) is 16.2. The number of para-hydroxylation sites is 2. The molecule has 3 aromatic carbocycles. The molecular formula is C22H20N2O2. The molecule has 130 valence electrons. The molecule has 0 aliphatic carbocycles. The number of methoxy groups -OCH3 is 1. The van der Waals surface area contributed by atoms with Gasteiger partial charge in [-0.2, -0.15) is 0 Å². The maximum Gasteiger partial charge on any atom is 0.162 e. The zero-order chi connectivity index (χ0) is 17.9. The van der Waals surface area contributed by atoms with Gasteiger partial charge in [-0.15, -0.1) is 0 Å². The van der Waals surface area contributed by atoms with Crippen LogP contribution in [0.5, 0.6) is 11.5 Å². The Bertz CT molecular complexity index is 1020. The Balaban J connectivity index is 1.65. The number of aromatic nitrogens is 2. The first-order valence-corrected chi connectivity index (χ1v) is 8.55. The van der Waals surface area contributed by atoms with Gasteiger partial charge in [0.05, 0.1) is 18.1 Å². The number of aromatic amines is 1. The van der Waals surface area contributed by atoms with E-state index in [1.165, 1.54) is 5.56 Å². The molecule has 0 spiro atoms. The number of rotatable bonds is 5. The van der Waals surface area contributed by atoms with E-state index in [2.05, 4.69) is 29.0 Å². The van der Waals surface area contributed by atoms with Gasteiger partial charge in [-0.25, -0.2) is 4.98 Å². The van der Waals surface area contributed by atoms with E-state index in [9.17, 15) is 0 Å². The topological polar surface area (TPSA) is 47.1 Å². The third-order valence-electron chi connectivity index (χ3n) is 4.47. The Kier molecular flexibility index (Phi) is 4.32. The van der Waals surface area contributed by atoms with Gasteiger partial charge in [0.15, 0.2) is 11.5 Å². The number of fused-ring (bicyclic) bond motifs is 1. The van der Waals surface area contributed by atoms with Crippen molar-refractivity contribution < 1.29 is 9.47 Å². The number of aryl methyl sites for hydroxylation is 1. The van der Waals surface area contributed by atoms with Crippen LogP contribution in [0.1, 0.15) is 11.1 Å². The van der Waals surface area contributed by atoms with Crippen LogP contribution in [0.15, 0.2) is 66.7 Å². The van der Waals surface area contributed by atoms with Crippen LogP contribution in [0, 0.1) is 6.92 Å². The highest BCUT2D eigenvalue weighted by atomic mass is 16.5. The van der Waals surface area contributed by atoms with Crippen molar-refractivity contribution in [2.24, 2.45) is 0 Å². The minimum Gasteiger partial charge on any atom is -0.493 e. The molecule has 4 aromatic rings. The molecule has 1 heterocycles. The monoisotopic (exact) mass is 344 g/mol. The van der Waals surface area contributed by atoms with Crippen molar-refractivity contribution in [1.29, 1.82) is 0 Å². The van der Waals surface area contributed by atoms with Crippen molar-refractivity contribution in [2.75, 3.05) is 7.11 Å². The van der Waals surface area contributed by atoms with E-state index < -0.39 is 0 Å². The summed E-state index contributed by atoms with van der Waals surface area (Å²) in [5, 5.41) is 0. The molecule has 0 amide bonds. The van der Waals surface area contributed by atoms with E-state index in [1.807, 2.05) is 54.6 Å². The van der Waals surface area contributed by atoms with Gasteiger partial charge in [0, 0.05) is 5.56 Å². The van der Waals surface area contributed by atoms with Crippen LogP contribution in [0.2, 0.25) is 0 Å². The summed E-state index contributed by atoms with van der Waals surface area (Å²) in [6.07, 6.45) is 0. The Morgan fingerprint density at radius 1 is 0.923 bits per heavy atom. The summed E-state index contributed by atoms with van der Waals surface area (Å²) in [5.74, 6) is 2.22. The average molecular weight is 344 g/mol. The number of H-pyrrole nitrogens is 1. The van der Waals surface area contributed by atoms with Crippen LogP contribution >= 0.6 is 0 Å². The van der Waals surface area contributed by atoms with E-state index in [1.54, 1.807) is 7.11 Å². The lowest BCUT2D eigenvalue weighted by Crippen LogP contribution is -2.00. The summed E-state index contributed by atoms with van der Waals surface area (Å²) >= 11 is 0. The maximum atomic E-state index is 6.06. The van der Waals surface area contributed by atoms with Gasteiger partial charge in [-0.1, -0.05) is 36.4 Å². The van der Waals surface area contributed by atoms with Crippen molar-refractivity contribution in [3.05, 3.63) is 77.9 Å². The smallest absolute Gasteiger partial charge is 0.162 e. The Morgan fingerprint density at radius 2 is 1.73 bits per heavy atom. The second-order valence-corrected chi connectivity index (χ2v) is 6.18. The summed E-state index contributed by atoms with van der Waals surface area (Å²) in [5.41, 5.74) is 5.28. The van der Waals surface area contributed by atoms with Crippen LogP contribution in [-0.2, 0) is 6.61 Å². The predicted molar refractivity (Wildman–Crippen MR) is 104 cm³/mol. The van der Waals surface area contributed by atoms with Gasteiger partial charge >= 0.3 is 0 Å². The first-order chi connectivity index (χ1) is 12.7. The standard InChI is InChI=1S/C22H20N2O2/c1-15-7-3-4-8-17(15)14-26-21-13-16(11-12-20(21)25-2)22-23-18-9-5-6-10-19(18)24-22/h3-13H,14H2,1-2H3,(H,23,24). The number of nitrogens with zero attached hydrogens (tertiary/aromatic N) is 1. The number of imidazole rings is 1. The minimum atomic E-state index is 0.493. The van der Waals surface area contributed by atoms with Crippen molar-refractivity contribution in [1.82, 2.24) is 9.97 Å². The molecule has 4 heteroatoms. The Hall–Kier alpha value is -3.27. The zero-order valence-electron chi connectivity index (χ0n) is 14.8. The molecule has 0 saturated heterocycles. The number of benzene rings is 3. The van der Waals surface area contributed by atoms with E-state index in [4.69, 9.17) is 9.47 Å². The van der Waals surface area contributed by atoms with Crippen molar-refractivity contribution in [3.63, 3.8) is 0 Å². The van der Waals surface area contributed by atoms with Crippen molar-refractivity contribution in [3.8, 4) is 22.9 Å². The number of hydrogen-bond donors (Lipinski definition) is 1. The van der Waals surface area contributed by atoms with E-state index in [-0.39, 0.29) is 0 Å². The quantitative estimate of drug-likeness (QED) is 0.546. The molecule has 0 atom stereocenters. The fourth-order valence-corrected chi connectivity index (χ4v) is 2.95. The fraction of sp³-hybridized carbons (Fsp3) is 0.136. The largest absolute Gasteiger partial charge is 0.493 e. The lowest BCUT2D eigenvalue weighted by Gasteiger charge is -2.13. The third-order valence-corrected chi connectivity index (χ3v) is 4.47.